The van der Waals surface area contributed by atoms with Gasteiger partial charge in [-0.3, -0.25) is 9.59 Å². The summed E-state index contributed by atoms with van der Waals surface area (Å²) < 4.78 is 23.2. The van der Waals surface area contributed by atoms with Gasteiger partial charge in [0.15, 0.2) is 12.1 Å². The van der Waals surface area contributed by atoms with Gasteiger partial charge in [-0.25, -0.2) is 0 Å². The summed E-state index contributed by atoms with van der Waals surface area (Å²) in [4.78, 5) is 25.1. The highest BCUT2D eigenvalue weighted by atomic mass is 16.7. The molecule has 13 N–H and O–H groups in total. The van der Waals surface area contributed by atoms with Crippen LogP contribution >= 0.6 is 0 Å². The number of fused-ring (bicyclic) bond motifs is 2. The molecule has 0 aromatic heterocycles. The Balaban J connectivity index is 1.84. The molecule has 3 heterocycles. The number of aliphatic carboxylic acids is 1. The molecule has 2 bridgehead atoms. The van der Waals surface area contributed by atoms with Crippen LogP contribution in [0, 0.1) is 17.8 Å². The molecule has 18 nitrogen and oxygen atoms in total. The molecule has 0 aromatic carbocycles. The first-order chi connectivity index (χ1) is 30.6. The number of allylic oxidation sites excluding steroid dienone is 10. The van der Waals surface area contributed by atoms with Crippen molar-refractivity contribution in [3.05, 3.63) is 72.9 Å². The summed E-state index contributed by atoms with van der Waals surface area (Å²) in [7, 11) is 0. The van der Waals surface area contributed by atoms with Gasteiger partial charge in [-0.15, -0.1) is 0 Å². The largest absolute Gasteiger partial charge is 0.481 e. The smallest absolute Gasteiger partial charge is 0.311 e. The average molecular weight is 926 g/mol. The van der Waals surface area contributed by atoms with Crippen molar-refractivity contribution in [3.63, 3.8) is 0 Å². The summed E-state index contributed by atoms with van der Waals surface area (Å²) >= 11 is 0. The van der Waals surface area contributed by atoms with Gasteiger partial charge < -0.3 is 80.9 Å². The van der Waals surface area contributed by atoms with E-state index in [0.717, 1.165) is 12.8 Å². The maximum absolute atomic E-state index is 12.6. The highest BCUT2D eigenvalue weighted by molar-refractivity contribution is 5.71. The summed E-state index contributed by atoms with van der Waals surface area (Å²) in [6, 6.07) is -1.14. The van der Waals surface area contributed by atoms with Crippen molar-refractivity contribution in [1.82, 2.24) is 0 Å². The van der Waals surface area contributed by atoms with Gasteiger partial charge in [-0.1, -0.05) is 86.8 Å². The molecule has 3 aliphatic heterocycles. The zero-order valence-corrected chi connectivity index (χ0v) is 37.8. The molecule has 2 saturated heterocycles. The molecule has 65 heavy (non-hydrogen) atoms. The Labute approximate surface area is 381 Å². The van der Waals surface area contributed by atoms with Gasteiger partial charge in [0.2, 0.25) is 0 Å². The van der Waals surface area contributed by atoms with E-state index in [1.165, 1.54) is 13.0 Å². The molecular formula is C47H75NO17. The number of hydrogen-bond acceptors (Lipinski definition) is 17. The Bertz CT molecular complexity index is 1620. The lowest BCUT2D eigenvalue weighted by Crippen LogP contribution is -2.61. The Morgan fingerprint density at radius 3 is 1.97 bits per heavy atom. The average Bonchev–Trinajstić information content (AvgIpc) is 3.21. The molecule has 0 aromatic rings. The van der Waals surface area contributed by atoms with Crippen molar-refractivity contribution in [1.29, 1.82) is 0 Å². The molecule has 18 heteroatoms. The first-order valence-electron chi connectivity index (χ1n) is 22.6. The standard InChI is InChI=1S/C47H75NO17/c1-27-17-15-13-11-9-7-5-6-8-10-12-14-16-18-34(64-46-44(58)41(48)43(57)30(4)63-46)24-38-40(45(59)60)37(54)26-47(61,65-38)25-33(51)22-36(53)35(52)20-19-31(49)21-32(50)23-39(55)62-29(3)28(2)42(27)56/h5-6,8,10-18,27-38,40-44,46,49-54,56-58,61H,7,9,19-26,48H2,1-4H3,(H,59,60)/t27-,28-,29-,30+,31+,32+,33-,34-,35+,36+,37-,38-,40+,41-,42+,43+,44-,46-,47?/m0/s1. The minimum Gasteiger partial charge on any atom is -0.481 e. The fourth-order valence-electron chi connectivity index (χ4n) is 8.13. The summed E-state index contributed by atoms with van der Waals surface area (Å²) in [5, 5.41) is 118. The van der Waals surface area contributed by atoms with Crippen molar-refractivity contribution in [2.45, 2.75) is 189 Å². The first-order valence-corrected chi connectivity index (χ1v) is 22.6. The molecule has 0 amide bonds. The number of carbonyl (C=O) groups excluding carboxylic acids is 1. The lowest BCUT2D eigenvalue weighted by atomic mass is 9.82. The predicted octanol–water partition coefficient (Wildman–Crippen LogP) is 0.936. The van der Waals surface area contributed by atoms with Crippen molar-refractivity contribution >= 4 is 11.9 Å². The van der Waals surface area contributed by atoms with Gasteiger partial charge in [0.25, 0.3) is 0 Å². The highest BCUT2D eigenvalue weighted by Gasteiger charge is 2.51. The molecule has 2 fully saturated rings. The fraction of sp³-hybridized carbons (Fsp3) is 0.702. The van der Waals surface area contributed by atoms with E-state index in [2.05, 4.69) is 0 Å². The van der Waals surface area contributed by atoms with Crippen LogP contribution in [0.1, 0.15) is 91.9 Å². The monoisotopic (exact) mass is 926 g/mol. The third-order valence-corrected chi connectivity index (χ3v) is 12.2. The minimum absolute atomic E-state index is 0.103. The maximum atomic E-state index is 12.6. The Morgan fingerprint density at radius 2 is 1.31 bits per heavy atom. The lowest BCUT2D eigenvalue weighted by Gasteiger charge is -2.45. The van der Waals surface area contributed by atoms with E-state index in [1.54, 1.807) is 38.2 Å². The Morgan fingerprint density at radius 1 is 0.692 bits per heavy atom. The fourth-order valence-corrected chi connectivity index (χ4v) is 8.13. The molecular weight excluding hydrogens is 851 g/mol. The molecule has 0 radical (unpaired) electrons. The molecule has 370 valence electrons. The number of nitrogens with two attached hydrogens (primary N) is 1. The number of rotatable bonds is 3. The van der Waals surface area contributed by atoms with Gasteiger partial charge >= 0.3 is 11.9 Å². The lowest BCUT2D eigenvalue weighted by molar-refractivity contribution is -0.308. The van der Waals surface area contributed by atoms with Crippen molar-refractivity contribution < 1.29 is 84.7 Å². The normalized spacial score (nSPS) is 42.3. The van der Waals surface area contributed by atoms with E-state index in [-0.39, 0.29) is 31.6 Å². The molecule has 3 rings (SSSR count). The maximum Gasteiger partial charge on any atom is 0.311 e. The van der Waals surface area contributed by atoms with Crippen LogP contribution in [0.4, 0.5) is 0 Å². The number of carbonyl (C=O) groups is 2. The second-order valence-corrected chi connectivity index (χ2v) is 17.8. The Hall–Kier alpha value is -3.18. The van der Waals surface area contributed by atoms with Crippen LogP contribution in [0.5, 0.6) is 0 Å². The van der Waals surface area contributed by atoms with Crippen molar-refractivity contribution in [2.24, 2.45) is 23.5 Å². The Kier molecular flexibility index (Phi) is 23.8. The number of ether oxygens (including phenoxy) is 4. The number of carboxylic acids is 1. The molecule has 1 unspecified atom stereocenters. The zero-order valence-electron chi connectivity index (χ0n) is 37.8. The number of esters is 1. The highest BCUT2D eigenvalue weighted by Crippen LogP contribution is 2.38. The number of aliphatic hydroxyl groups excluding tert-OH is 9. The van der Waals surface area contributed by atoms with Crippen LogP contribution in [0.3, 0.4) is 0 Å². The van der Waals surface area contributed by atoms with Crippen LogP contribution in [0.25, 0.3) is 0 Å². The molecule has 0 spiro atoms. The second kappa shape index (κ2) is 27.6. The first kappa shape index (κ1) is 56.1. The summed E-state index contributed by atoms with van der Waals surface area (Å²) in [6.45, 7) is 6.78. The number of hydrogen-bond donors (Lipinski definition) is 12. The van der Waals surface area contributed by atoms with Gasteiger partial charge in [-0.05, 0) is 46.0 Å². The molecule has 0 aliphatic carbocycles. The quantitative estimate of drug-likeness (QED) is 0.175. The van der Waals surface area contributed by atoms with E-state index < -0.39 is 147 Å². The topological polar surface area (TPSA) is 320 Å². The van der Waals surface area contributed by atoms with E-state index in [9.17, 15) is 65.8 Å². The molecule has 19 atom stereocenters. The van der Waals surface area contributed by atoms with Crippen LogP contribution in [-0.4, -0.2) is 166 Å². The SMILES string of the molecule is C[C@@H]1[C@H](O)[C@@H](C)C=CC=CCCC=CC=CC=CC=C[C@H](O[C@@H]2O[C@H](C)[C@@H](O)[C@H](N)[C@@H]2O)C[C@@H]2OC(O)(C[C@@H](O)C[C@@H](O)[C@H](O)CC[C@@H](O)C[C@@H](O)CC(=O)O[C@H]1C)C[C@H](O)[C@H]2C(=O)O. The van der Waals surface area contributed by atoms with E-state index in [1.807, 2.05) is 49.5 Å². The van der Waals surface area contributed by atoms with Crippen molar-refractivity contribution in [2.75, 3.05) is 0 Å². The molecule has 0 saturated carbocycles. The summed E-state index contributed by atoms with van der Waals surface area (Å²) in [6.07, 6.45) is 2.26. The summed E-state index contributed by atoms with van der Waals surface area (Å²) in [5.41, 5.74) is 6.02. The van der Waals surface area contributed by atoms with E-state index in [0.29, 0.717) is 0 Å². The van der Waals surface area contributed by atoms with Crippen LogP contribution in [-0.2, 0) is 28.5 Å². The van der Waals surface area contributed by atoms with Crippen molar-refractivity contribution in [3.8, 4) is 0 Å². The third-order valence-electron chi connectivity index (χ3n) is 12.2. The van der Waals surface area contributed by atoms with Gasteiger partial charge in [-0.2, -0.15) is 0 Å². The number of cyclic esters (lactones) is 1. The second-order valence-electron chi connectivity index (χ2n) is 17.8. The van der Waals surface area contributed by atoms with Crippen LogP contribution in [0.15, 0.2) is 72.9 Å². The number of carboxylic acid groups (broad SMARTS) is 1. The van der Waals surface area contributed by atoms with Gasteiger partial charge in [0.1, 0.15) is 18.1 Å². The van der Waals surface area contributed by atoms with E-state index >= 15 is 0 Å². The van der Waals surface area contributed by atoms with Crippen LogP contribution < -0.4 is 5.73 Å². The van der Waals surface area contributed by atoms with Crippen LogP contribution in [0.2, 0.25) is 0 Å². The molecule has 3 aliphatic rings. The zero-order chi connectivity index (χ0) is 48.4. The summed E-state index contributed by atoms with van der Waals surface area (Å²) in [5.74, 6) is -6.77. The van der Waals surface area contributed by atoms with Gasteiger partial charge in [0, 0.05) is 37.5 Å². The third kappa shape index (κ3) is 18.8. The van der Waals surface area contributed by atoms with Gasteiger partial charge in [0.05, 0.1) is 79.6 Å². The number of aliphatic hydroxyl groups is 10. The predicted molar refractivity (Wildman–Crippen MR) is 237 cm³/mol. The minimum atomic E-state index is -2.32. The van der Waals surface area contributed by atoms with E-state index in [4.69, 9.17) is 24.7 Å².